The number of pyridine rings is 1. The lowest BCUT2D eigenvalue weighted by Crippen LogP contribution is -2.51. The van der Waals surface area contributed by atoms with Gasteiger partial charge in [0.25, 0.3) is 5.56 Å². The number of hydrogen-bond acceptors (Lipinski definition) is 10. The number of nitrogens with zero attached hydrogens (tertiary/aromatic N) is 6. The molecule has 3 saturated heterocycles. The molecule has 280 valence electrons. The average Bonchev–Trinajstić information content (AvgIpc) is 3.56. The number of anilines is 1. The van der Waals surface area contributed by atoms with Crippen LogP contribution in [0.2, 0.25) is 0 Å². The summed E-state index contributed by atoms with van der Waals surface area (Å²) >= 11 is 0. The summed E-state index contributed by atoms with van der Waals surface area (Å²) < 4.78 is 15.0. The van der Waals surface area contributed by atoms with Gasteiger partial charge >= 0.3 is 0 Å². The van der Waals surface area contributed by atoms with E-state index in [2.05, 4.69) is 37.7 Å². The molecule has 14 nitrogen and oxygen atoms in total. The Balaban J connectivity index is 0.907. The number of carbonyl (C=O) groups excluding carboxylic acids is 3. The van der Waals surface area contributed by atoms with Crippen molar-refractivity contribution in [2.24, 2.45) is 14.1 Å². The fourth-order valence-electron chi connectivity index (χ4n) is 7.88. The highest BCUT2D eigenvalue weighted by atomic mass is 16.5. The van der Waals surface area contributed by atoms with Crippen LogP contribution in [0.3, 0.4) is 0 Å². The Labute approximate surface area is 308 Å². The lowest BCUT2D eigenvalue weighted by molar-refractivity contribution is -0.135. The zero-order valence-electron chi connectivity index (χ0n) is 30.9. The molecule has 1 atom stereocenters. The Morgan fingerprint density at radius 3 is 2.23 bits per heavy atom. The molecule has 0 saturated carbocycles. The predicted octanol–water partition coefficient (Wildman–Crippen LogP) is 2.70. The van der Waals surface area contributed by atoms with E-state index in [0.29, 0.717) is 62.0 Å². The number of benzene rings is 2. The standard InChI is InChI=1S/C39H48N8O6/c1-43-22-30(29-21-40-44(2)37(29)39(43)51)27-19-33(52-3)31(34(20-27)53-4)23-46-15-17-47(18-16-46)36(49)24-45-13-11-26(12-14-45)25-5-7-28(8-6-25)41-32-9-10-35(48)42-38(32)50/h5-8,19-22,26,32,41H,9-18,23-24H2,1-4H3,(H,42,48,50). The summed E-state index contributed by atoms with van der Waals surface area (Å²) in [6.45, 7) is 5.59. The molecule has 7 rings (SSSR count). The number of likely N-dealkylation sites (tertiary alicyclic amines) is 1. The smallest absolute Gasteiger partial charge is 0.276 e. The van der Waals surface area contributed by atoms with Crippen molar-refractivity contribution in [3.8, 4) is 22.6 Å². The van der Waals surface area contributed by atoms with Gasteiger partial charge in [0.1, 0.15) is 23.1 Å². The first-order valence-corrected chi connectivity index (χ1v) is 18.3. The summed E-state index contributed by atoms with van der Waals surface area (Å²) in [4.78, 5) is 56.3. The van der Waals surface area contributed by atoms with Crippen LogP contribution in [0.5, 0.6) is 11.5 Å². The highest BCUT2D eigenvalue weighted by Crippen LogP contribution is 2.38. The number of ether oxygens (including phenoxy) is 2. The Bertz CT molecular complexity index is 2030. The van der Waals surface area contributed by atoms with E-state index in [1.807, 2.05) is 35.4 Å². The molecule has 3 fully saturated rings. The first-order chi connectivity index (χ1) is 25.6. The molecule has 0 spiro atoms. The third-order valence-corrected chi connectivity index (χ3v) is 11.0. The molecule has 3 aliphatic heterocycles. The molecule has 14 heteroatoms. The number of piperazine rings is 1. The lowest BCUT2D eigenvalue weighted by Gasteiger charge is -2.37. The van der Waals surface area contributed by atoms with Gasteiger partial charge in [-0.3, -0.25) is 39.0 Å². The summed E-state index contributed by atoms with van der Waals surface area (Å²) in [5, 5.41) is 10.7. The number of amides is 3. The normalized spacial score (nSPS) is 19.0. The lowest BCUT2D eigenvalue weighted by atomic mass is 9.89. The summed E-state index contributed by atoms with van der Waals surface area (Å²) in [5.74, 6) is 1.51. The fourth-order valence-corrected chi connectivity index (χ4v) is 7.88. The minimum absolute atomic E-state index is 0.108. The third kappa shape index (κ3) is 7.65. The van der Waals surface area contributed by atoms with Crippen LogP contribution in [-0.2, 0) is 35.0 Å². The van der Waals surface area contributed by atoms with E-state index < -0.39 is 6.04 Å². The predicted molar refractivity (Wildman–Crippen MR) is 201 cm³/mol. The maximum absolute atomic E-state index is 13.4. The fraction of sp³-hybridized carbons (Fsp3) is 0.462. The zero-order chi connectivity index (χ0) is 37.2. The van der Waals surface area contributed by atoms with Crippen LogP contribution in [-0.4, -0.2) is 113 Å². The van der Waals surface area contributed by atoms with E-state index >= 15 is 0 Å². The molecule has 53 heavy (non-hydrogen) atoms. The van der Waals surface area contributed by atoms with Gasteiger partial charge in [-0.15, -0.1) is 0 Å². The largest absolute Gasteiger partial charge is 0.496 e. The summed E-state index contributed by atoms with van der Waals surface area (Å²) in [6.07, 6.45) is 6.35. The van der Waals surface area contributed by atoms with Gasteiger partial charge in [-0.2, -0.15) is 5.10 Å². The number of methoxy groups -OCH3 is 2. The van der Waals surface area contributed by atoms with Gasteiger partial charge in [0.15, 0.2) is 0 Å². The Morgan fingerprint density at radius 1 is 0.906 bits per heavy atom. The monoisotopic (exact) mass is 724 g/mol. The number of carbonyl (C=O) groups is 3. The highest BCUT2D eigenvalue weighted by Gasteiger charge is 2.29. The van der Waals surface area contributed by atoms with Crippen molar-refractivity contribution in [1.29, 1.82) is 0 Å². The van der Waals surface area contributed by atoms with Crippen LogP contribution in [0.25, 0.3) is 22.0 Å². The van der Waals surface area contributed by atoms with Crippen molar-refractivity contribution in [3.05, 3.63) is 70.3 Å². The quantitative estimate of drug-likeness (QED) is 0.235. The second-order valence-electron chi connectivity index (χ2n) is 14.3. The number of hydrogen-bond donors (Lipinski definition) is 2. The summed E-state index contributed by atoms with van der Waals surface area (Å²) in [7, 11) is 6.82. The van der Waals surface area contributed by atoms with Gasteiger partial charge in [-0.1, -0.05) is 12.1 Å². The summed E-state index contributed by atoms with van der Waals surface area (Å²) in [6, 6.07) is 11.8. The first-order valence-electron chi connectivity index (χ1n) is 18.3. The number of aryl methyl sites for hydroxylation is 2. The molecule has 1 unspecified atom stereocenters. The SMILES string of the molecule is COc1cc(-c2cn(C)c(=O)c3c2cnn3C)cc(OC)c1CN1CCN(C(=O)CN2CCC(c3ccc(NC4CCC(=O)NC4=O)cc3)CC2)CC1. The third-order valence-electron chi connectivity index (χ3n) is 11.0. The van der Waals surface area contributed by atoms with Crippen molar-refractivity contribution >= 4 is 34.3 Å². The maximum Gasteiger partial charge on any atom is 0.276 e. The molecule has 5 heterocycles. The number of imide groups is 1. The van der Waals surface area contributed by atoms with Gasteiger partial charge in [0, 0.05) is 76.1 Å². The Morgan fingerprint density at radius 2 is 1.58 bits per heavy atom. The maximum atomic E-state index is 13.4. The number of aromatic nitrogens is 3. The topological polar surface area (TPSA) is 143 Å². The van der Waals surface area contributed by atoms with E-state index in [1.54, 1.807) is 43.8 Å². The molecule has 2 aromatic heterocycles. The van der Waals surface area contributed by atoms with Crippen molar-refractivity contribution in [2.75, 3.05) is 65.3 Å². The van der Waals surface area contributed by atoms with Crippen LogP contribution in [0.4, 0.5) is 5.69 Å². The van der Waals surface area contributed by atoms with E-state index in [4.69, 9.17) is 9.47 Å². The van der Waals surface area contributed by atoms with E-state index in [9.17, 15) is 19.2 Å². The Hall–Kier alpha value is -5.21. The van der Waals surface area contributed by atoms with E-state index in [-0.39, 0.29) is 23.3 Å². The molecule has 2 N–H and O–H groups in total. The average molecular weight is 725 g/mol. The molecular weight excluding hydrogens is 676 g/mol. The van der Waals surface area contributed by atoms with Crippen LogP contribution >= 0.6 is 0 Å². The number of fused-ring (bicyclic) bond motifs is 1. The van der Waals surface area contributed by atoms with Gasteiger partial charge in [-0.25, -0.2) is 0 Å². The van der Waals surface area contributed by atoms with Crippen LogP contribution in [0, 0.1) is 0 Å². The second kappa shape index (κ2) is 15.4. The molecule has 0 bridgehead atoms. The minimum atomic E-state index is -0.396. The number of piperidine rings is 2. The second-order valence-corrected chi connectivity index (χ2v) is 14.3. The minimum Gasteiger partial charge on any atom is -0.496 e. The van der Waals surface area contributed by atoms with E-state index in [1.165, 1.54) is 5.56 Å². The molecule has 4 aromatic rings. The molecule has 3 aliphatic rings. The van der Waals surface area contributed by atoms with Gasteiger partial charge in [0.05, 0.1) is 32.5 Å². The van der Waals surface area contributed by atoms with Crippen molar-refractivity contribution < 1.29 is 23.9 Å². The first kappa shape index (κ1) is 36.2. The van der Waals surface area contributed by atoms with Crippen molar-refractivity contribution in [2.45, 2.75) is 44.2 Å². The highest BCUT2D eigenvalue weighted by molar-refractivity contribution is 6.01. The molecule has 3 amide bonds. The van der Waals surface area contributed by atoms with Gasteiger partial charge in [-0.05, 0) is 73.7 Å². The van der Waals surface area contributed by atoms with Gasteiger partial charge in [0.2, 0.25) is 17.7 Å². The van der Waals surface area contributed by atoms with Gasteiger partial charge < -0.3 is 24.3 Å². The molecule has 0 radical (unpaired) electrons. The molecular formula is C39H48N8O6. The molecule has 0 aliphatic carbocycles. The van der Waals surface area contributed by atoms with Crippen LogP contribution in [0.1, 0.15) is 42.7 Å². The van der Waals surface area contributed by atoms with Crippen LogP contribution < -0.4 is 25.7 Å². The van der Waals surface area contributed by atoms with Crippen molar-refractivity contribution in [3.63, 3.8) is 0 Å². The summed E-state index contributed by atoms with van der Waals surface area (Å²) in [5.41, 5.74) is 5.23. The Kier molecular flexibility index (Phi) is 10.5. The molecule has 2 aromatic carbocycles. The van der Waals surface area contributed by atoms with Crippen LogP contribution in [0.15, 0.2) is 53.6 Å². The zero-order valence-corrected chi connectivity index (χ0v) is 30.9. The number of nitrogens with one attached hydrogen (secondary N) is 2. The van der Waals surface area contributed by atoms with E-state index in [0.717, 1.165) is 66.8 Å². The number of rotatable bonds is 10. The van der Waals surface area contributed by atoms with Crippen molar-refractivity contribution in [1.82, 2.24) is 34.4 Å².